The van der Waals surface area contributed by atoms with Crippen molar-refractivity contribution < 1.29 is 9.18 Å². The first kappa shape index (κ1) is 19.5. The van der Waals surface area contributed by atoms with Gasteiger partial charge in [0.05, 0.1) is 4.53 Å². The molecule has 0 saturated heterocycles. The van der Waals surface area contributed by atoms with Gasteiger partial charge in [0.15, 0.2) is 0 Å². The zero-order valence-electron chi connectivity index (χ0n) is 15.6. The first-order valence-corrected chi connectivity index (χ1v) is 9.33. The summed E-state index contributed by atoms with van der Waals surface area (Å²) in [6.45, 7) is 3.92. The highest BCUT2D eigenvalue weighted by atomic mass is 32.1. The second-order valence-corrected chi connectivity index (χ2v) is 7.49. The van der Waals surface area contributed by atoms with E-state index in [1.165, 1.54) is 23.7 Å². The lowest BCUT2D eigenvalue weighted by Gasteiger charge is -2.00. The molecule has 0 aliphatic heterocycles. The fourth-order valence-electron chi connectivity index (χ4n) is 2.78. The van der Waals surface area contributed by atoms with E-state index in [0.29, 0.717) is 4.53 Å². The lowest BCUT2D eigenvalue weighted by Crippen LogP contribution is -2.30. The van der Waals surface area contributed by atoms with Crippen molar-refractivity contribution in [3.8, 4) is 6.07 Å². The standard InChI is InChI=1S/C22H17FN2O2S/c1-13-4-5-14(2)16(10-13)11-19-21(27)25(3)22(28-19)18(12-24)20(26)15-6-8-17(23)9-7-15/h4-11H,1-3H3/b19-11-,22-18-. The molecule has 4 nitrogen and oxygen atoms in total. The molecule has 3 rings (SSSR count). The Morgan fingerprint density at radius 1 is 1.18 bits per heavy atom. The van der Waals surface area contributed by atoms with Crippen molar-refractivity contribution in [2.45, 2.75) is 13.8 Å². The summed E-state index contributed by atoms with van der Waals surface area (Å²) in [6, 6.07) is 12.8. The van der Waals surface area contributed by atoms with Gasteiger partial charge in [-0.05, 0) is 55.3 Å². The van der Waals surface area contributed by atoms with Gasteiger partial charge in [0.1, 0.15) is 22.1 Å². The van der Waals surface area contributed by atoms with Gasteiger partial charge in [0.25, 0.3) is 5.56 Å². The molecule has 0 bridgehead atoms. The monoisotopic (exact) mass is 392 g/mol. The van der Waals surface area contributed by atoms with E-state index in [0.717, 1.165) is 40.2 Å². The number of aryl methyl sites for hydroxylation is 2. The Labute approximate surface area is 165 Å². The summed E-state index contributed by atoms with van der Waals surface area (Å²) >= 11 is 1.09. The fraction of sp³-hybridized carbons (Fsp3) is 0.136. The maximum Gasteiger partial charge on any atom is 0.268 e. The van der Waals surface area contributed by atoms with Gasteiger partial charge in [0, 0.05) is 12.6 Å². The van der Waals surface area contributed by atoms with Gasteiger partial charge in [-0.15, -0.1) is 11.3 Å². The molecule has 0 radical (unpaired) electrons. The molecule has 3 aromatic rings. The quantitative estimate of drug-likeness (QED) is 0.644. The third-order valence-electron chi connectivity index (χ3n) is 4.41. The van der Waals surface area contributed by atoms with Crippen molar-refractivity contribution in [1.29, 1.82) is 5.26 Å². The van der Waals surface area contributed by atoms with Gasteiger partial charge in [0.2, 0.25) is 5.78 Å². The topological polar surface area (TPSA) is 62.9 Å². The number of Topliss-reactive ketones (excluding diaryl/α,β-unsaturated/α-hetero) is 1. The summed E-state index contributed by atoms with van der Waals surface area (Å²) < 4.78 is 15.1. The van der Waals surface area contributed by atoms with E-state index in [-0.39, 0.29) is 21.4 Å². The molecule has 0 aliphatic carbocycles. The lowest BCUT2D eigenvalue weighted by atomic mass is 10.1. The number of carbonyl (C=O) groups is 1. The zero-order valence-corrected chi connectivity index (χ0v) is 16.4. The van der Waals surface area contributed by atoms with Gasteiger partial charge in [-0.25, -0.2) is 4.39 Å². The number of aromatic nitrogens is 1. The molecule has 0 atom stereocenters. The first-order chi connectivity index (χ1) is 13.3. The Bertz CT molecular complexity index is 1290. The summed E-state index contributed by atoms with van der Waals surface area (Å²) in [5.74, 6) is -1.01. The summed E-state index contributed by atoms with van der Waals surface area (Å²) in [4.78, 5) is 25.4. The number of halogens is 1. The van der Waals surface area contributed by atoms with E-state index in [9.17, 15) is 19.2 Å². The van der Waals surface area contributed by atoms with Crippen molar-refractivity contribution >= 4 is 28.8 Å². The minimum atomic E-state index is -0.544. The number of hydrogen-bond acceptors (Lipinski definition) is 4. The van der Waals surface area contributed by atoms with Crippen molar-refractivity contribution in [2.24, 2.45) is 7.05 Å². The number of hydrogen-bond donors (Lipinski definition) is 0. The Balaban J connectivity index is 2.23. The largest absolute Gasteiger partial charge is 0.301 e. The van der Waals surface area contributed by atoms with Crippen LogP contribution < -0.4 is 14.8 Å². The van der Waals surface area contributed by atoms with Crippen LogP contribution in [0.25, 0.3) is 11.6 Å². The van der Waals surface area contributed by atoms with E-state index in [1.807, 2.05) is 38.1 Å². The Morgan fingerprint density at radius 2 is 1.86 bits per heavy atom. The summed E-state index contributed by atoms with van der Waals surface area (Å²) in [6.07, 6.45) is 1.77. The predicted octanol–water partition coefficient (Wildman–Crippen LogP) is 2.59. The van der Waals surface area contributed by atoms with Gasteiger partial charge in [-0.1, -0.05) is 23.8 Å². The van der Waals surface area contributed by atoms with E-state index in [2.05, 4.69) is 0 Å². The maximum absolute atomic E-state index is 13.1. The third-order valence-corrected chi connectivity index (χ3v) is 5.59. The highest BCUT2D eigenvalue weighted by Crippen LogP contribution is 2.12. The highest BCUT2D eigenvalue weighted by Gasteiger charge is 2.16. The van der Waals surface area contributed by atoms with Crippen LogP contribution in [0, 0.1) is 31.0 Å². The summed E-state index contributed by atoms with van der Waals surface area (Å²) in [5, 5.41) is 9.56. The molecule has 2 aromatic carbocycles. The van der Waals surface area contributed by atoms with Gasteiger partial charge in [-0.2, -0.15) is 5.26 Å². The molecule has 28 heavy (non-hydrogen) atoms. The molecule has 140 valence electrons. The molecule has 0 saturated carbocycles. The average molecular weight is 392 g/mol. The minimum absolute atomic E-state index is 0.142. The van der Waals surface area contributed by atoms with E-state index in [1.54, 1.807) is 6.08 Å². The SMILES string of the molecule is Cc1ccc(C)c(/C=c2\s/c(=C(/C#N)C(=O)c3ccc(F)cc3)n(C)c2=O)c1. The van der Waals surface area contributed by atoms with Crippen LogP contribution in [0.15, 0.2) is 47.3 Å². The molecule has 1 heterocycles. The molecule has 0 amide bonds. The Kier molecular flexibility index (Phi) is 5.39. The number of nitrogens with zero attached hydrogens (tertiary/aromatic N) is 2. The van der Waals surface area contributed by atoms with Gasteiger partial charge in [-0.3, -0.25) is 9.59 Å². The third kappa shape index (κ3) is 3.71. The Morgan fingerprint density at radius 3 is 2.50 bits per heavy atom. The lowest BCUT2D eigenvalue weighted by molar-refractivity contribution is 0.105. The predicted molar refractivity (Wildman–Crippen MR) is 108 cm³/mol. The van der Waals surface area contributed by atoms with E-state index in [4.69, 9.17) is 0 Å². The highest BCUT2D eigenvalue weighted by molar-refractivity contribution is 7.07. The number of thiazole rings is 1. The number of ketones is 1. The van der Waals surface area contributed by atoms with Gasteiger partial charge < -0.3 is 4.57 Å². The van der Waals surface area contributed by atoms with Crippen LogP contribution in [0.4, 0.5) is 4.39 Å². The molecule has 6 heteroatoms. The number of benzene rings is 2. The van der Waals surface area contributed by atoms with Crippen molar-refractivity contribution in [3.05, 3.63) is 90.1 Å². The van der Waals surface area contributed by atoms with Crippen LogP contribution in [0.3, 0.4) is 0 Å². The average Bonchev–Trinajstić information content (AvgIpc) is 2.94. The molecule has 0 aliphatic rings. The molecule has 0 spiro atoms. The molecule has 0 fully saturated rings. The van der Waals surface area contributed by atoms with Crippen LogP contribution in [-0.4, -0.2) is 10.4 Å². The van der Waals surface area contributed by atoms with Crippen LogP contribution in [0.2, 0.25) is 0 Å². The van der Waals surface area contributed by atoms with Crippen molar-refractivity contribution in [1.82, 2.24) is 4.57 Å². The first-order valence-electron chi connectivity index (χ1n) is 8.51. The number of nitriles is 1. The minimum Gasteiger partial charge on any atom is -0.301 e. The second kappa shape index (κ2) is 7.75. The normalized spacial score (nSPS) is 12.6. The number of rotatable bonds is 3. The van der Waals surface area contributed by atoms with Crippen LogP contribution in [0.1, 0.15) is 27.0 Å². The summed E-state index contributed by atoms with van der Waals surface area (Å²) in [5.41, 5.74) is 2.78. The fourth-order valence-corrected chi connectivity index (χ4v) is 3.86. The zero-order chi connectivity index (χ0) is 20.4. The van der Waals surface area contributed by atoms with Gasteiger partial charge >= 0.3 is 0 Å². The molecular weight excluding hydrogens is 375 g/mol. The molecule has 1 aromatic heterocycles. The van der Waals surface area contributed by atoms with E-state index >= 15 is 0 Å². The van der Waals surface area contributed by atoms with Crippen molar-refractivity contribution in [3.63, 3.8) is 0 Å². The van der Waals surface area contributed by atoms with Crippen LogP contribution in [-0.2, 0) is 7.05 Å². The summed E-state index contributed by atoms with van der Waals surface area (Å²) in [7, 11) is 1.53. The molecule has 0 unspecified atom stereocenters. The molecular formula is C22H17FN2O2S. The van der Waals surface area contributed by atoms with Crippen LogP contribution >= 0.6 is 11.3 Å². The Hall–Kier alpha value is -3.30. The van der Waals surface area contributed by atoms with Crippen molar-refractivity contribution in [2.75, 3.05) is 0 Å². The second-order valence-electron chi connectivity index (χ2n) is 6.46. The van der Waals surface area contributed by atoms with Crippen LogP contribution in [0.5, 0.6) is 0 Å². The smallest absolute Gasteiger partial charge is 0.268 e. The van der Waals surface area contributed by atoms with E-state index < -0.39 is 11.6 Å². The number of carbonyl (C=O) groups excluding carboxylic acids is 1. The maximum atomic E-state index is 13.1. The molecule has 0 N–H and O–H groups in total.